The van der Waals surface area contributed by atoms with Gasteiger partial charge in [0.25, 0.3) is 5.78 Å². The molecule has 37 heavy (non-hydrogen) atoms. The largest absolute Gasteiger partial charge is 0.507 e. The van der Waals surface area contributed by atoms with Crippen LogP contribution in [0.25, 0.3) is 5.76 Å². The Morgan fingerprint density at radius 3 is 2.51 bits per heavy atom. The molecule has 1 aliphatic heterocycles. The number of hydrogen-bond donors (Lipinski definition) is 1. The van der Waals surface area contributed by atoms with Gasteiger partial charge >= 0.3 is 5.91 Å². The molecular formula is C26H19FN4O4S2. The molecule has 2 aromatic carbocycles. The van der Waals surface area contributed by atoms with E-state index in [0.717, 1.165) is 11.3 Å². The average Bonchev–Trinajstić information content (AvgIpc) is 3.50. The number of thioether (sulfide) groups is 1. The average molecular weight is 535 g/mol. The lowest BCUT2D eigenvalue weighted by molar-refractivity contribution is -0.132. The Bertz CT molecular complexity index is 1490. The topological polar surface area (TPSA) is 106 Å². The van der Waals surface area contributed by atoms with Gasteiger partial charge in [-0.1, -0.05) is 53.4 Å². The summed E-state index contributed by atoms with van der Waals surface area (Å²) in [6, 6.07) is 15.5. The molecule has 5 rings (SSSR count). The first-order valence-corrected chi connectivity index (χ1v) is 12.8. The lowest BCUT2D eigenvalue weighted by Gasteiger charge is -2.22. The summed E-state index contributed by atoms with van der Waals surface area (Å²) in [4.78, 5) is 31.7. The van der Waals surface area contributed by atoms with Crippen LogP contribution in [-0.2, 0) is 15.3 Å². The van der Waals surface area contributed by atoms with Gasteiger partial charge in [-0.05, 0) is 41.5 Å². The molecule has 0 radical (unpaired) electrons. The maximum atomic E-state index is 14.0. The van der Waals surface area contributed by atoms with Crippen molar-refractivity contribution in [2.75, 3.05) is 12.0 Å². The molecule has 1 saturated heterocycles. The predicted molar refractivity (Wildman–Crippen MR) is 138 cm³/mol. The van der Waals surface area contributed by atoms with Crippen molar-refractivity contribution < 1.29 is 23.8 Å². The van der Waals surface area contributed by atoms with Crippen molar-refractivity contribution in [2.24, 2.45) is 0 Å². The van der Waals surface area contributed by atoms with Gasteiger partial charge in [-0.2, -0.15) is 0 Å². The van der Waals surface area contributed by atoms with Crippen LogP contribution < -0.4 is 9.64 Å². The second-order valence-electron chi connectivity index (χ2n) is 7.91. The van der Waals surface area contributed by atoms with Crippen LogP contribution in [0.5, 0.6) is 5.75 Å². The van der Waals surface area contributed by atoms with E-state index in [0.29, 0.717) is 32.5 Å². The number of ether oxygens (including phenoxy) is 1. The molecule has 4 aromatic rings. The van der Waals surface area contributed by atoms with E-state index in [4.69, 9.17) is 4.74 Å². The number of hydrogen-bond acceptors (Lipinski definition) is 9. The number of ketones is 1. The first-order valence-electron chi connectivity index (χ1n) is 11.0. The lowest BCUT2D eigenvalue weighted by Crippen LogP contribution is -2.29. The van der Waals surface area contributed by atoms with Gasteiger partial charge in [-0.15, -0.1) is 10.2 Å². The van der Waals surface area contributed by atoms with Crippen LogP contribution >= 0.6 is 23.1 Å². The molecule has 1 fully saturated rings. The zero-order chi connectivity index (χ0) is 25.9. The van der Waals surface area contributed by atoms with Crippen molar-refractivity contribution in [3.63, 3.8) is 0 Å². The standard InChI is InChI=1S/C26H19FN4O4S2/c1-35-18-8-6-15(7-9-18)21-20(22(32)16-10-12-28-13-11-16)23(33)24(34)31(21)25-29-30-26(37-25)36-14-17-4-2-3-5-19(17)27/h2-13,21,32H,14H2,1H3. The molecule has 1 aliphatic rings. The summed E-state index contributed by atoms with van der Waals surface area (Å²) >= 11 is 2.38. The predicted octanol–water partition coefficient (Wildman–Crippen LogP) is 5.00. The van der Waals surface area contributed by atoms with Crippen molar-refractivity contribution in [1.29, 1.82) is 0 Å². The third-order valence-corrected chi connectivity index (χ3v) is 7.85. The number of aliphatic hydroxyl groups is 1. The zero-order valence-electron chi connectivity index (χ0n) is 19.4. The molecular weight excluding hydrogens is 515 g/mol. The number of nitrogens with zero attached hydrogens (tertiary/aromatic N) is 4. The number of amides is 1. The highest BCUT2D eigenvalue weighted by atomic mass is 32.2. The first-order chi connectivity index (χ1) is 18.0. The van der Waals surface area contributed by atoms with Gasteiger partial charge < -0.3 is 9.84 Å². The Morgan fingerprint density at radius 1 is 1.08 bits per heavy atom. The lowest BCUT2D eigenvalue weighted by atomic mass is 9.95. The number of carbonyl (C=O) groups is 2. The Morgan fingerprint density at radius 2 is 1.81 bits per heavy atom. The molecule has 2 aromatic heterocycles. The van der Waals surface area contributed by atoms with Gasteiger partial charge in [0, 0.05) is 23.7 Å². The van der Waals surface area contributed by atoms with Crippen LogP contribution in [0, 0.1) is 5.82 Å². The normalized spacial score (nSPS) is 16.8. The molecule has 1 N–H and O–H groups in total. The Kier molecular flexibility index (Phi) is 6.97. The van der Waals surface area contributed by atoms with Crippen molar-refractivity contribution >= 4 is 45.7 Å². The maximum absolute atomic E-state index is 14.0. The number of anilines is 1. The van der Waals surface area contributed by atoms with Gasteiger partial charge in [-0.25, -0.2) is 4.39 Å². The minimum Gasteiger partial charge on any atom is -0.507 e. The summed E-state index contributed by atoms with van der Waals surface area (Å²) in [5.41, 5.74) is 1.37. The summed E-state index contributed by atoms with van der Waals surface area (Å²) in [7, 11) is 1.53. The van der Waals surface area contributed by atoms with E-state index in [9.17, 15) is 19.1 Å². The van der Waals surface area contributed by atoms with Crippen LogP contribution in [0.3, 0.4) is 0 Å². The maximum Gasteiger partial charge on any atom is 0.301 e. The van der Waals surface area contributed by atoms with E-state index in [1.807, 2.05) is 0 Å². The molecule has 1 unspecified atom stereocenters. The highest BCUT2D eigenvalue weighted by molar-refractivity contribution is 8.00. The number of halogens is 1. The monoisotopic (exact) mass is 534 g/mol. The van der Waals surface area contributed by atoms with E-state index in [-0.39, 0.29) is 22.3 Å². The minimum atomic E-state index is -0.948. The quantitative estimate of drug-likeness (QED) is 0.116. The highest BCUT2D eigenvalue weighted by Crippen LogP contribution is 2.44. The number of rotatable bonds is 7. The third-order valence-electron chi connectivity index (χ3n) is 5.74. The summed E-state index contributed by atoms with van der Waals surface area (Å²) < 4.78 is 19.8. The van der Waals surface area contributed by atoms with Crippen LogP contribution in [0.15, 0.2) is 83.0 Å². The van der Waals surface area contributed by atoms with E-state index in [1.54, 1.807) is 54.6 Å². The minimum absolute atomic E-state index is 0.0721. The Labute approximate surface area is 219 Å². The van der Waals surface area contributed by atoms with Gasteiger partial charge in [0.2, 0.25) is 5.13 Å². The number of pyridine rings is 1. The molecule has 3 heterocycles. The van der Waals surface area contributed by atoms with Crippen LogP contribution in [0.1, 0.15) is 22.7 Å². The molecule has 8 nitrogen and oxygen atoms in total. The molecule has 0 bridgehead atoms. The SMILES string of the molecule is COc1ccc(C2C(=C(O)c3ccncc3)C(=O)C(=O)N2c2nnc(SCc3ccccc3F)s2)cc1. The molecule has 186 valence electrons. The number of aromatic nitrogens is 3. The highest BCUT2D eigenvalue weighted by Gasteiger charge is 2.48. The first kappa shape index (κ1) is 24.6. The summed E-state index contributed by atoms with van der Waals surface area (Å²) in [6.45, 7) is 0. The van der Waals surface area contributed by atoms with Crippen LogP contribution in [-0.4, -0.2) is 39.1 Å². The smallest absolute Gasteiger partial charge is 0.301 e. The van der Waals surface area contributed by atoms with E-state index >= 15 is 0 Å². The fourth-order valence-electron chi connectivity index (χ4n) is 3.91. The van der Waals surface area contributed by atoms with Crippen molar-refractivity contribution in [1.82, 2.24) is 15.2 Å². The summed E-state index contributed by atoms with van der Waals surface area (Å²) in [5, 5.41) is 19.6. The van der Waals surface area contributed by atoms with Crippen molar-refractivity contribution in [2.45, 2.75) is 16.1 Å². The van der Waals surface area contributed by atoms with Gasteiger partial charge in [-0.3, -0.25) is 19.5 Å². The molecule has 0 saturated carbocycles. The molecule has 1 amide bonds. The number of Topliss-reactive ketones (excluding diaryl/α,β-unsaturated/α-hetero) is 1. The van der Waals surface area contributed by atoms with Gasteiger partial charge in [0.15, 0.2) is 4.34 Å². The number of carbonyl (C=O) groups excluding carboxylic acids is 2. The summed E-state index contributed by atoms with van der Waals surface area (Å²) in [6.07, 6.45) is 2.97. The number of benzene rings is 2. The Balaban J connectivity index is 1.54. The second kappa shape index (κ2) is 10.5. The Hall–Kier alpha value is -4.09. The van der Waals surface area contributed by atoms with E-state index in [1.165, 1.54) is 42.2 Å². The van der Waals surface area contributed by atoms with Crippen molar-refractivity contribution in [3.8, 4) is 5.75 Å². The van der Waals surface area contributed by atoms with Gasteiger partial charge in [0.1, 0.15) is 17.3 Å². The number of methoxy groups -OCH3 is 1. The second-order valence-corrected chi connectivity index (χ2v) is 10.1. The molecule has 0 aliphatic carbocycles. The van der Waals surface area contributed by atoms with Crippen molar-refractivity contribution in [3.05, 3.63) is 101 Å². The molecule has 1 atom stereocenters. The van der Waals surface area contributed by atoms with Crippen LogP contribution in [0.2, 0.25) is 0 Å². The van der Waals surface area contributed by atoms with Crippen LogP contribution in [0.4, 0.5) is 9.52 Å². The fraction of sp³-hybridized carbons (Fsp3) is 0.115. The van der Waals surface area contributed by atoms with Gasteiger partial charge in [0.05, 0.1) is 18.7 Å². The zero-order valence-corrected chi connectivity index (χ0v) is 21.0. The molecule has 0 spiro atoms. The fourth-order valence-corrected chi connectivity index (χ4v) is 5.76. The number of aliphatic hydroxyl groups excluding tert-OH is 1. The molecule has 11 heteroatoms. The summed E-state index contributed by atoms with van der Waals surface area (Å²) in [5.74, 6) is -1.39. The van der Waals surface area contributed by atoms with E-state index < -0.39 is 17.7 Å². The van der Waals surface area contributed by atoms with E-state index in [2.05, 4.69) is 15.2 Å². The third kappa shape index (κ3) is 4.83.